The molecule has 3 heterocycles. The van der Waals surface area contributed by atoms with Crippen molar-refractivity contribution in [3.05, 3.63) is 0 Å². The van der Waals surface area contributed by atoms with Crippen molar-refractivity contribution in [2.24, 2.45) is 4.99 Å². The first-order valence-corrected chi connectivity index (χ1v) is 9.76. The monoisotopic (exact) mass is 379 g/mol. The third-order valence-electron chi connectivity index (χ3n) is 5.57. The van der Waals surface area contributed by atoms with Crippen molar-refractivity contribution >= 4 is 23.6 Å². The van der Waals surface area contributed by atoms with Gasteiger partial charge < -0.3 is 9.64 Å². The number of nitrogens with zero attached hydrogens (tertiary/aromatic N) is 6. The Bertz CT molecular complexity index is 653. The molecule has 3 aliphatic rings. The molecule has 0 aromatic rings. The normalized spacial score (nSPS) is 24.7. The fourth-order valence-electron chi connectivity index (χ4n) is 3.80. The molecule has 0 aromatic heterocycles. The molecule has 3 aliphatic heterocycles. The van der Waals surface area contributed by atoms with Crippen LogP contribution in [0.5, 0.6) is 0 Å². The fourth-order valence-corrected chi connectivity index (χ4v) is 3.80. The molecule has 0 bridgehead atoms. The molecular weight excluding hydrogens is 348 g/mol. The summed E-state index contributed by atoms with van der Waals surface area (Å²) in [6, 6.07) is -0.873. The predicted molar refractivity (Wildman–Crippen MR) is 102 cm³/mol. The number of likely N-dealkylation sites (N-methyl/N-ethyl adjacent to an activating group) is 3. The summed E-state index contributed by atoms with van der Waals surface area (Å²) in [5.74, 6) is 1.16. The maximum atomic E-state index is 12.8. The molecule has 2 saturated heterocycles. The second kappa shape index (κ2) is 8.45. The van der Waals surface area contributed by atoms with E-state index >= 15 is 0 Å². The topological polar surface area (TPSA) is 71.7 Å². The summed E-state index contributed by atoms with van der Waals surface area (Å²) in [7, 11) is 3.21. The number of piperazine rings is 1. The molecule has 1 unspecified atom stereocenters. The van der Waals surface area contributed by atoms with Crippen molar-refractivity contribution in [1.29, 1.82) is 0 Å². The number of urea groups is 1. The number of hydrogen-bond acceptors (Lipinski definition) is 6. The van der Waals surface area contributed by atoms with Gasteiger partial charge in [0.1, 0.15) is 13.1 Å². The van der Waals surface area contributed by atoms with E-state index in [1.807, 2.05) is 11.5 Å². The Morgan fingerprint density at radius 3 is 2.37 bits per heavy atom. The number of amides is 3. The summed E-state index contributed by atoms with van der Waals surface area (Å²) in [5.41, 5.74) is 0. The third kappa shape index (κ3) is 3.90. The highest BCUT2D eigenvalue weighted by atomic mass is 16.5. The zero-order valence-corrected chi connectivity index (χ0v) is 16.8. The Morgan fingerprint density at radius 1 is 1.07 bits per heavy atom. The van der Waals surface area contributed by atoms with Gasteiger partial charge >= 0.3 is 11.9 Å². The fraction of sp³-hybridized carbons (Fsp3) is 0.778. The van der Waals surface area contributed by atoms with Crippen LogP contribution in [-0.4, -0.2) is 127 Å². The van der Waals surface area contributed by atoms with Crippen LogP contribution in [0, 0.1) is 0 Å². The van der Waals surface area contributed by atoms with Crippen LogP contribution in [-0.2, 0) is 9.53 Å². The standard InChI is InChI=1S/C18H31N6O3/c1-5-22-7-9-23(10-8-22)13-14-19-16-15(24(14)11-12-27-6-2)17(25)21(4)18(26)20(16)3/h15H,5-13H2,1-4H3/q+1. The van der Waals surface area contributed by atoms with Crippen LogP contribution in [0.1, 0.15) is 13.8 Å². The van der Waals surface area contributed by atoms with Crippen LogP contribution in [0.15, 0.2) is 4.99 Å². The molecule has 2 fully saturated rings. The Kier molecular flexibility index (Phi) is 6.23. The number of carbonyl (C=O) groups is 2. The van der Waals surface area contributed by atoms with E-state index in [0.717, 1.165) is 38.6 Å². The summed E-state index contributed by atoms with van der Waals surface area (Å²) in [6.07, 6.45) is 0. The molecule has 27 heavy (non-hydrogen) atoms. The van der Waals surface area contributed by atoms with Gasteiger partial charge in [-0.25, -0.2) is 9.37 Å². The number of amidine groups is 2. The lowest BCUT2D eigenvalue weighted by molar-refractivity contribution is -0.539. The largest absolute Gasteiger partial charge is 0.378 e. The van der Waals surface area contributed by atoms with E-state index in [4.69, 9.17) is 9.73 Å². The van der Waals surface area contributed by atoms with Crippen molar-refractivity contribution in [2.45, 2.75) is 19.9 Å². The molecule has 1 atom stereocenters. The van der Waals surface area contributed by atoms with Gasteiger partial charge in [0.05, 0.1) is 6.61 Å². The number of aliphatic imine (C=N–C) groups is 1. The minimum absolute atomic E-state index is 0.223. The second-order valence-electron chi connectivity index (χ2n) is 7.13. The highest BCUT2D eigenvalue weighted by Gasteiger charge is 2.52. The Labute approximate surface area is 160 Å². The van der Waals surface area contributed by atoms with Crippen molar-refractivity contribution in [1.82, 2.24) is 19.6 Å². The summed E-state index contributed by atoms with van der Waals surface area (Å²) in [6.45, 7) is 11.7. The zero-order chi connectivity index (χ0) is 19.6. The predicted octanol–water partition coefficient (Wildman–Crippen LogP) is -0.624. The number of carbonyl (C=O) groups excluding carboxylic acids is 2. The lowest BCUT2D eigenvalue weighted by atomic mass is 10.1. The van der Waals surface area contributed by atoms with E-state index in [9.17, 15) is 9.59 Å². The van der Waals surface area contributed by atoms with E-state index in [2.05, 4.69) is 16.7 Å². The quantitative estimate of drug-likeness (QED) is 0.435. The molecule has 0 aliphatic carbocycles. The number of imide groups is 1. The number of rotatable bonds is 7. The van der Waals surface area contributed by atoms with E-state index in [0.29, 0.717) is 32.1 Å². The number of ether oxygens (including phenoxy) is 1. The first-order valence-electron chi connectivity index (χ1n) is 9.76. The summed E-state index contributed by atoms with van der Waals surface area (Å²) >= 11 is 0. The van der Waals surface area contributed by atoms with Gasteiger partial charge in [-0.15, -0.1) is 0 Å². The Hall–Kier alpha value is -1.84. The van der Waals surface area contributed by atoms with Gasteiger partial charge in [-0.1, -0.05) is 6.92 Å². The molecule has 150 valence electrons. The molecule has 0 radical (unpaired) electrons. The molecule has 9 nitrogen and oxygen atoms in total. The van der Waals surface area contributed by atoms with Gasteiger partial charge in [-0.05, 0) is 18.5 Å². The Balaban J connectivity index is 1.82. The van der Waals surface area contributed by atoms with E-state index in [1.54, 1.807) is 7.05 Å². The maximum absolute atomic E-state index is 12.8. The van der Waals surface area contributed by atoms with E-state index in [-0.39, 0.29) is 11.9 Å². The summed E-state index contributed by atoms with van der Waals surface area (Å²) < 4.78 is 7.53. The third-order valence-corrected chi connectivity index (χ3v) is 5.57. The van der Waals surface area contributed by atoms with Crippen molar-refractivity contribution < 1.29 is 18.9 Å². The lowest BCUT2D eigenvalue weighted by Gasteiger charge is -2.33. The van der Waals surface area contributed by atoms with Gasteiger partial charge in [0.25, 0.3) is 17.8 Å². The average molecular weight is 379 g/mol. The molecule has 0 aromatic carbocycles. The van der Waals surface area contributed by atoms with Gasteiger partial charge in [0, 0.05) is 46.9 Å². The molecular formula is C18H31N6O3+. The van der Waals surface area contributed by atoms with E-state index in [1.165, 1.54) is 16.8 Å². The first-order chi connectivity index (χ1) is 13.0. The van der Waals surface area contributed by atoms with Gasteiger partial charge in [-0.2, -0.15) is 0 Å². The van der Waals surface area contributed by atoms with Gasteiger partial charge in [-0.3, -0.25) is 19.5 Å². The SMILES string of the molecule is CCOCC[N+]1=C(CN2CCN(CC)CC2)N=C2C1C(=O)N(C)C(=O)N2C. The zero-order valence-electron chi connectivity index (χ0n) is 16.8. The van der Waals surface area contributed by atoms with Crippen LogP contribution < -0.4 is 0 Å². The van der Waals surface area contributed by atoms with Gasteiger partial charge in [0.2, 0.25) is 0 Å². The van der Waals surface area contributed by atoms with Crippen LogP contribution in [0.2, 0.25) is 0 Å². The van der Waals surface area contributed by atoms with Gasteiger partial charge in [0.15, 0.2) is 0 Å². The molecule has 0 N–H and O–H groups in total. The highest BCUT2D eigenvalue weighted by molar-refractivity contribution is 6.23. The molecule has 3 amide bonds. The summed E-state index contributed by atoms with van der Waals surface area (Å²) in [5, 5.41) is 0. The molecule has 9 heteroatoms. The lowest BCUT2D eigenvalue weighted by Crippen LogP contribution is -2.61. The number of fused-ring (bicyclic) bond motifs is 1. The van der Waals surface area contributed by atoms with E-state index < -0.39 is 6.04 Å². The minimum atomic E-state index is -0.537. The van der Waals surface area contributed by atoms with Crippen molar-refractivity contribution in [3.8, 4) is 0 Å². The van der Waals surface area contributed by atoms with Crippen LogP contribution in [0.25, 0.3) is 0 Å². The average Bonchev–Trinajstić information content (AvgIpc) is 3.04. The maximum Gasteiger partial charge on any atom is 0.333 e. The summed E-state index contributed by atoms with van der Waals surface area (Å²) in [4.78, 5) is 37.3. The molecule has 0 spiro atoms. The van der Waals surface area contributed by atoms with Crippen LogP contribution >= 0.6 is 0 Å². The van der Waals surface area contributed by atoms with Crippen LogP contribution in [0.4, 0.5) is 4.79 Å². The Morgan fingerprint density at radius 2 is 1.74 bits per heavy atom. The first kappa shape index (κ1) is 19.9. The molecule has 3 rings (SSSR count). The smallest absolute Gasteiger partial charge is 0.333 e. The van der Waals surface area contributed by atoms with Crippen molar-refractivity contribution in [3.63, 3.8) is 0 Å². The molecule has 0 saturated carbocycles. The second-order valence-corrected chi connectivity index (χ2v) is 7.13. The van der Waals surface area contributed by atoms with Crippen LogP contribution in [0.3, 0.4) is 0 Å². The number of hydrogen-bond donors (Lipinski definition) is 0. The van der Waals surface area contributed by atoms with Crippen molar-refractivity contribution in [2.75, 3.05) is 73.1 Å². The highest BCUT2D eigenvalue weighted by Crippen LogP contribution is 2.19. The minimum Gasteiger partial charge on any atom is -0.378 e.